The third-order valence-corrected chi connectivity index (χ3v) is 3.22. The van der Waals surface area contributed by atoms with Crippen LogP contribution in [0, 0.1) is 5.92 Å². The van der Waals surface area contributed by atoms with E-state index in [1.807, 2.05) is 0 Å². The highest BCUT2D eigenvalue weighted by atomic mass is 79.9. The summed E-state index contributed by atoms with van der Waals surface area (Å²) in [4.78, 5) is 11.8. The first-order valence-corrected chi connectivity index (χ1v) is 6.86. The molecule has 0 spiro atoms. The monoisotopic (exact) mass is 312 g/mol. The Labute approximate surface area is 115 Å². The number of benzene rings is 1. The fourth-order valence-corrected chi connectivity index (χ4v) is 2.13. The summed E-state index contributed by atoms with van der Waals surface area (Å²) in [5.74, 6) is 0.628. The molecular weight excluding hydrogens is 296 g/mol. The standard InChI is InChI=1S/C13H17BrN2O2/c14-11-5-10(6-12(15)7-11)13(17)16-3-4-18-8-9-1-2-9/h5-7,9H,1-4,8,15H2,(H,16,17). The number of nitrogen functional groups attached to an aromatic ring is 1. The number of carbonyl (C=O) groups excluding carboxylic acids is 1. The van der Waals surface area contributed by atoms with E-state index < -0.39 is 0 Å². The minimum absolute atomic E-state index is 0.127. The van der Waals surface area contributed by atoms with Crippen LogP contribution in [-0.2, 0) is 4.74 Å². The molecule has 1 saturated carbocycles. The Balaban J connectivity index is 1.72. The maximum Gasteiger partial charge on any atom is 0.251 e. The van der Waals surface area contributed by atoms with E-state index in [-0.39, 0.29) is 5.91 Å². The summed E-state index contributed by atoms with van der Waals surface area (Å²) in [6.45, 7) is 1.91. The van der Waals surface area contributed by atoms with Crippen molar-refractivity contribution < 1.29 is 9.53 Å². The van der Waals surface area contributed by atoms with Crippen LogP contribution in [0.5, 0.6) is 0 Å². The van der Waals surface area contributed by atoms with E-state index in [0.717, 1.165) is 17.0 Å². The minimum Gasteiger partial charge on any atom is -0.399 e. The molecule has 2 rings (SSSR count). The molecule has 0 atom stereocenters. The average Bonchev–Trinajstić information content (AvgIpc) is 3.11. The van der Waals surface area contributed by atoms with Crippen molar-refractivity contribution in [2.24, 2.45) is 5.92 Å². The second-order valence-corrected chi connectivity index (χ2v) is 5.46. The van der Waals surface area contributed by atoms with Gasteiger partial charge in [0, 0.05) is 28.9 Å². The number of amides is 1. The highest BCUT2D eigenvalue weighted by molar-refractivity contribution is 9.10. The van der Waals surface area contributed by atoms with E-state index >= 15 is 0 Å². The molecule has 1 aromatic carbocycles. The Kier molecular flexibility index (Phi) is 4.60. The Morgan fingerprint density at radius 2 is 2.22 bits per heavy atom. The fraction of sp³-hybridized carbons (Fsp3) is 0.462. The van der Waals surface area contributed by atoms with E-state index in [4.69, 9.17) is 10.5 Å². The van der Waals surface area contributed by atoms with Gasteiger partial charge in [-0.25, -0.2) is 0 Å². The number of rotatable bonds is 6. The zero-order valence-electron chi connectivity index (χ0n) is 10.1. The van der Waals surface area contributed by atoms with Crippen molar-refractivity contribution >= 4 is 27.5 Å². The second-order valence-electron chi connectivity index (χ2n) is 4.55. The molecule has 1 fully saturated rings. The summed E-state index contributed by atoms with van der Waals surface area (Å²) in [6, 6.07) is 5.16. The number of carbonyl (C=O) groups is 1. The number of halogens is 1. The largest absolute Gasteiger partial charge is 0.399 e. The lowest BCUT2D eigenvalue weighted by Crippen LogP contribution is -2.27. The molecule has 0 saturated heterocycles. The quantitative estimate of drug-likeness (QED) is 0.625. The van der Waals surface area contributed by atoms with Gasteiger partial charge >= 0.3 is 0 Å². The lowest BCUT2D eigenvalue weighted by Gasteiger charge is -2.07. The zero-order chi connectivity index (χ0) is 13.0. The number of nitrogens with two attached hydrogens (primary N) is 1. The summed E-state index contributed by atoms with van der Waals surface area (Å²) in [6.07, 6.45) is 2.56. The van der Waals surface area contributed by atoms with Crippen LogP contribution in [0.25, 0.3) is 0 Å². The summed E-state index contributed by atoms with van der Waals surface area (Å²) in [7, 11) is 0. The molecule has 18 heavy (non-hydrogen) atoms. The molecule has 0 heterocycles. The molecule has 1 aromatic rings. The van der Waals surface area contributed by atoms with Crippen molar-refractivity contribution in [2.45, 2.75) is 12.8 Å². The summed E-state index contributed by atoms with van der Waals surface area (Å²) in [5, 5.41) is 2.81. The van der Waals surface area contributed by atoms with Crippen molar-refractivity contribution in [1.82, 2.24) is 5.32 Å². The number of hydrogen-bond acceptors (Lipinski definition) is 3. The second kappa shape index (κ2) is 6.20. The summed E-state index contributed by atoms with van der Waals surface area (Å²) >= 11 is 3.31. The van der Waals surface area contributed by atoms with E-state index in [9.17, 15) is 4.79 Å². The first-order valence-electron chi connectivity index (χ1n) is 6.07. The molecule has 0 unspecified atom stereocenters. The topological polar surface area (TPSA) is 64.4 Å². The average molecular weight is 313 g/mol. The van der Waals surface area contributed by atoms with Gasteiger partial charge in [-0.05, 0) is 37.0 Å². The Morgan fingerprint density at radius 1 is 1.44 bits per heavy atom. The first-order chi connectivity index (χ1) is 8.65. The predicted molar refractivity (Wildman–Crippen MR) is 74.4 cm³/mol. The van der Waals surface area contributed by atoms with Gasteiger partial charge in [-0.1, -0.05) is 15.9 Å². The maximum atomic E-state index is 11.8. The lowest BCUT2D eigenvalue weighted by molar-refractivity contribution is 0.0906. The van der Waals surface area contributed by atoms with E-state index in [1.54, 1.807) is 18.2 Å². The SMILES string of the molecule is Nc1cc(Br)cc(C(=O)NCCOCC2CC2)c1. The van der Waals surface area contributed by atoms with Gasteiger partial charge in [0.2, 0.25) is 0 Å². The van der Waals surface area contributed by atoms with Gasteiger partial charge in [0.25, 0.3) is 5.91 Å². The molecule has 1 aliphatic carbocycles. The maximum absolute atomic E-state index is 11.8. The zero-order valence-corrected chi connectivity index (χ0v) is 11.7. The summed E-state index contributed by atoms with van der Waals surface area (Å²) < 4.78 is 6.25. The fourth-order valence-electron chi connectivity index (χ4n) is 1.62. The number of nitrogens with one attached hydrogen (secondary N) is 1. The van der Waals surface area contributed by atoms with Crippen molar-refractivity contribution in [3.8, 4) is 0 Å². The molecule has 0 aliphatic heterocycles. The normalized spacial score (nSPS) is 14.5. The number of anilines is 1. The van der Waals surface area contributed by atoms with Gasteiger partial charge in [-0.2, -0.15) is 0 Å². The van der Waals surface area contributed by atoms with E-state index in [0.29, 0.717) is 24.4 Å². The number of hydrogen-bond donors (Lipinski definition) is 2. The Bertz CT molecular complexity index is 413. The molecule has 0 radical (unpaired) electrons. The highest BCUT2D eigenvalue weighted by Crippen LogP contribution is 2.28. The van der Waals surface area contributed by atoms with Gasteiger partial charge in [-0.15, -0.1) is 0 Å². The van der Waals surface area contributed by atoms with E-state index in [2.05, 4.69) is 21.2 Å². The lowest BCUT2D eigenvalue weighted by atomic mass is 10.2. The van der Waals surface area contributed by atoms with Gasteiger partial charge in [0.1, 0.15) is 0 Å². The third kappa shape index (κ3) is 4.31. The van der Waals surface area contributed by atoms with Crippen molar-refractivity contribution in [3.63, 3.8) is 0 Å². The van der Waals surface area contributed by atoms with Crippen LogP contribution >= 0.6 is 15.9 Å². The smallest absolute Gasteiger partial charge is 0.251 e. The molecule has 1 aliphatic rings. The minimum atomic E-state index is -0.127. The van der Waals surface area contributed by atoms with Gasteiger partial charge in [-0.3, -0.25) is 4.79 Å². The van der Waals surface area contributed by atoms with Crippen LogP contribution in [0.3, 0.4) is 0 Å². The Morgan fingerprint density at radius 3 is 2.89 bits per heavy atom. The molecule has 1 amide bonds. The van der Waals surface area contributed by atoms with Crippen molar-refractivity contribution in [3.05, 3.63) is 28.2 Å². The molecule has 98 valence electrons. The van der Waals surface area contributed by atoms with Crippen molar-refractivity contribution in [2.75, 3.05) is 25.5 Å². The Hall–Kier alpha value is -1.07. The molecule has 0 bridgehead atoms. The third-order valence-electron chi connectivity index (χ3n) is 2.76. The molecule has 5 heteroatoms. The number of ether oxygens (including phenoxy) is 1. The van der Waals surface area contributed by atoms with Crippen LogP contribution in [0.2, 0.25) is 0 Å². The highest BCUT2D eigenvalue weighted by Gasteiger charge is 2.20. The van der Waals surface area contributed by atoms with E-state index in [1.165, 1.54) is 12.8 Å². The van der Waals surface area contributed by atoms with Crippen molar-refractivity contribution in [1.29, 1.82) is 0 Å². The molecule has 0 aromatic heterocycles. The van der Waals surface area contributed by atoms with Gasteiger partial charge in [0.05, 0.1) is 6.61 Å². The van der Waals surface area contributed by atoms with Crippen LogP contribution in [0.4, 0.5) is 5.69 Å². The van der Waals surface area contributed by atoms with Gasteiger partial charge < -0.3 is 15.8 Å². The van der Waals surface area contributed by atoms with Crippen LogP contribution in [0.15, 0.2) is 22.7 Å². The van der Waals surface area contributed by atoms with Crippen LogP contribution in [0.1, 0.15) is 23.2 Å². The molecule has 3 N–H and O–H groups in total. The molecular formula is C13H17BrN2O2. The molecule has 4 nitrogen and oxygen atoms in total. The first kappa shape index (κ1) is 13.4. The summed E-state index contributed by atoms with van der Waals surface area (Å²) in [5.41, 5.74) is 6.81. The van der Waals surface area contributed by atoms with Gasteiger partial charge in [0.15, 0.2) is 0 Å². The van der Waals surface area contributed by atoms with Crippen LogP contribution in [-0.4, -0.2) is 25.7 Å². The van der Waals surface area contributed by atoms with Crippen LogP contribution < -0.4 is 11.1 Å². The predicted octanol–water partition coefficient (Wildman–Crippen LogP) is 2.19.